The first-order chi connectivity index (χ1) is 15.7. The summed E-state index contributed by atoms with van der Waals surface area (Å²) in [5.41, 5.74) is -0.0774. The van der Waals surface area contributed by atoms with Crippen molar-refractivity contribution in [1.82, 2.24) is 0 Å². The maximum Gasteiger partial charge on any atom is 0.171 e. The SMILES string of the molecule is CC1CC[C@@]2(OC1)O[C@H]1C[C@H]3[C@H](C=O)[C@@H]([C@@]4(C)CC[C@H](OS)C[C@@H]4C=O)CC[C@]3(C)[C@H]1[C@@H]2C. The zero-order chi connectivity index (χ0) is 23.6. The molecule has 2 heterocycles. The van der Waals surface area contributed by atoms with E-state index in [1.165, 1.54) is 6.29 Å². The van der Waals surface area contributed by atoms with Gasteiger partial charge in [-0.2, -0.15) is 0 Å². The molecular formula is C27H42O5S. The average Bonchev–Trinajstić information content (AvgIpc) is 3.25. The van der Waals surface area contributed by atoms with Crippen LogP contribution in [0.5, 0.6) is 0 Å². The molecule has 0 aromatic rings. The van der Waals surface area contributed by atoms with Crippen molar-refractivity contribution in [3.63, 3.8) is 0 Å². The average molecular weight is 479 g/mol. The lowest BCUT2D eigenvalue weighted by atomic mass is 9.48. The van der Waals surface area contributed by atoms with Crippen LogP contribution < -0.4 is 0 Å². The maximum absolute atomic E-state index is 12.7. The highest BCUT2D eigenvalue weighted by molar-refractivity contribution is 7.75. The number of thiol groups is 1. The van der Waals surface area contributed by atoms with Crippen LogP contribution in [0.4, 0.5) is 0 Å². The normalized spacial score (nSPS) is 56.3. The molecule has 3 saturated carbocycles. The van der Waals surface area contributed by atoms with E-state index in [4.69, 9.17) is 13.7 Å². The van der Waals surface area contributed by atoms with Crippen molar-refractivity contribution in [3.8, 4) is 0 Å². The molecule has 0 aromatic carbocycles. The smallest absolute Gasteiger partial charge is 0.171 e. The molecule has 0 radical (unpaired) electrons. The lowest BCUT2D eigenvalue weighted by Crippen LogP contribution is -2.53. The maximum atomic E-state index is 12.7. The molecule has 0 N–H and O–H groups in total. The summed E-state index contributed by atoms with van der Waals surface area (Å²) in [6, 6.07) is 0. The summed E-state index contributed by atoms with van der Waals surface area (Å²) in [5, 5.41) is 0. The molecule has 0 bridgehead atoms. The Morgan fingerprint density at radius 1 is 0.939 bits per heavy atom. The van der Waals surface area contributed by atoms with E-state index < -0.39 is 5.79 Å². The zero-order valence-corrected chi connectivity index (χ0v) is 21.6. The Bertz CT molecular complexity index is 766. The van der Waals surface area contributed by atoms with Crippen LogP contribution in [-0.4, -0.2) is 37.2 Å². The van der Waals surface area contributed by atoms with E-state index >= 15 is 0 Å². The minimum absolute atomic E-state index is 0.0192. The van der Waals surface area contributed by atoms with Crippen molar-refractivity contribution in [3.05, 3.63) is 0 Å². The molecule has 0 amide bonds. The Morgan fingerprint density at radius 2 is 1.70 bits per heavy atom. The van der Waals surface area contributed by atoms with Crippen LogP contribution in [0.2, 0.25) is 0 Å². The largest absolute Gasteiger partial charge is 0.349 e. The number of rotatable bonds is 4. The first kappa shape index (κ1) is 24.3. The molecule has 6 heteroatoms. The minimum atomic E-state index is -0.427. The van der Waals surface area contributed by atoms with Crippen molar-refractivity contribution in [2.45, 2.75) is 97.1 Å². The number of carbonyl (C=O) groups excluding carboxylic acids is 2. The van der Waals surface area contributed by atoms with Gasteiger partial charge in [0.1, 0.15) is 12.6 Å². The molecule has 0 aromatic heterocycles. The molecule has 3 aliphatic carbocycles. The Morgan fingerprint density at radius 3 is 2.33 bits per heavy atom. The fraction of sp³-hybridized carbons (Fsp3) is 0.926. The van der Waals surface area contributed by atoms with Gasteiger partial charge in [0.15, 0.2) is 5.79 Å². The van der Waals surface area contributed by atoms with Gasteiger partial charge < -0.3 is 23.2 Å². The van der Waals surface area contributed by atoms with E-state index in [0.717, 1.165) is 57.8 Å². The van der Waals surface area contributed by atoms with E-state index in [9.17, 15) is 9.59 Å². The van der Waals surface area contributed by atoms with Gasteiger partial charge in [0.25, 0.3) is 0 Å². The van der Waals surface area contributed by atoms with Gasteiger partial charge in [0.2, 0.25) is 0 Å². The van der Waals surface area contributed by atoms with Crippen LogP contribution in [0.25, 0.3) is 0 Å². The third kappa shape index (κ3) is 3.52. The van der Waals surface area contributed by atoms with E-state index in [-0.39, 0.29) is 40.8 Å². The van der Waals surface area contributed by atoms with E-state index in [1.807, 2.05) is 0 Å². The van der Waals surface area contributed by atoms with Crippen LogP contribution in [-0.2, 0) is 23.2 Å². The Labute approximate surface area is 204 Å². The number of hydrogen-bond acceptors (Lipinski definition) is 6. The number of carbonyl (C=O) groups is 2. The quantitative estimate of drug-likeness (QED) is 0.339. The summed E-state index contributed by atoms with van der Waals surface area (Å²) in [4.78, 5) is 24.9. The lowest BCUT2D eigenvalue weighted by Gasteiger charge is -2.56. The molecule has 33 heavy (non-hydrogen) atoms. The number of fused-ring (bicyclic) bond motifs is 3. The molecule has 2 aliphatic heterocycles. The zero-order valence-electron chi connectivity index (χ0n) is 20.7. The lowest BCUT2D eigenvalue weighted by molar-refractivity contribution is -0.272. The van der Waals surface area contributed by atoms with Crippen molar-refractivity contribution < 1.29 is 23.2 Å². The van der Waals surface area contributed by atoms with Gasteiger partial charge in [0, 0.05) is 24.2 Å². The highest BCUT2D eigenvalue weighted by Gasteiger charge is 2.68. The van der Waals surface area contributed by atoms with Gasteiger partial charge in [-0.15, -0.1) is 0 Å². The second kappa shape index (κ2) is 8.60. The van der Waals surface area contributed by atoms with E-state index in [1.54, 1.807) is 0 Å². The van der Waals surface area contributed by atoms with Gasteiger partial charge in [0.05, 0.1) is 18.8 Å². The summed E-state index contributed by atoms with van der Waals surface area (Å²) in [6.45, 7) is 10.0. The van der Waals surface area contributed by atoms with Gasteiger partial charge in [-0.3, -0.25) is 0 Å². The summed E-state index contributed by atoms with van der Waals surface area (Å²) in [7, 11) is 0. The van der Waals surface area contributed by atoms with Crippen LogP contribution in [0.3, 0.4) is 0 Å². The molecule has 1 spiro atoms. The van der Waals surface area contributed by atoms with Crippen LogP contribution in [0, 0.1) is 52.3 Å². The van der Waals surface area contributed by atoms with Crippen molar-refractivity contribution >= 4 is 25.5 Å². The van der Waals surface area contributed by atoms with Crippen LogP contribution in [0.1, 0.15) is 79.1 Å². The first-order valence-electron chi connectivity index (χ1n) is 13.2. The van der Waals surface area contributed by atoms with Crippen LogP contribution in [0.15, 0.2) is 0 Å². The molecule has 5 aliphatic rings. The molecule has 1 unspecified atom stereocenters. The summed E-state index contributed by atoms with van der Waals surface area (Å²) < 4.78 is 18.5. The van der Waals surface area contributed by atoms with Crippen molar-refractivity contribution in [2.75, 3.05) is 6.61 Å². The topological polar surface area (TPSA) is 61.8 Å². The molecular weight excluding hydrogens is 436 g/mol. The molecule has 5 fully saturated rings. The first-order valence-corrected chi connectivity index (χ1v) is 13.6. The van der Waals surface area contributed by atoms with Gasteiger partial charge in [-0.1, -0.05) is 27.7 Å². The second-order valence-corrected chi connectivity index (χ2v) is 12.9. The molecule has 5 rings (SSSR count). The van der Waals surface area contributed by atoms with Gasteiger partial charge in [-0.25, -0.2) is 0 Å². The number of hydrogen-bond donors (Lipinski definition) is 1. The van der Waals surface area contributed by atoms with Crippen LogP contribution >= 0.6 is 12.9 Å². The minimum Gasteiger partial charge on any atom is -0.349 e. The number of ether oxygens (including phenoxy) is 2. The summed E-state index contributed by atoms with van der Waals surface area (Å²) in [6.07, 6.45) is 10.3. The molecule has 2 saturated heterocycles. The summed E-state index contributed by atoms with van der Waals surface area (Å²) in [5.74, 6) is 1.39. The third-order valence-corrected chi connectivity index (χ3v) is 11.6. The van der Waals surface area contributed by atoms with Crippen molar-refractivity contribution in [2.24, 2.45) is 52.3 Å². The van der Waals surface area contributed by atoms with Crippen molar-refractivity contribution in [1.29, 1.82) is 0 Å². The fourth-order valence-electron chi connectivity index (χ4n) is 9.27. The Kier molecular flexibility index (Phi) is 6.33. The predicted molar refractivity (Wildman–Crippen MR) is 128 cm³/mol. The van der Waals surface area contributed by atoms with E-state index in [2.05, 4.69) is 40.6 Å². The highest BCUT2D eigenvalue weighted by atomic mass is 32.1. The monoisotopic (exact) mass is 478 g/mol. The van der Waals surface area contributed by atoms with Gasteiger partial charge >= 0.3 is 0 Å². The molecule has 186 valence electrons. The Hall–Kier alpha value is -0.430. The Balaban J connectivity index is 1.40. The molecule has 5 nitrogen and oxygen atoms in total. The standard InChI is InChI=1S/C27H42O5S/c1-16-5-10-27(30-15-16)17(2)24-23(31-27)12-22-20(14-29)21(7-9-26(22,24)4)25(3)8-6-19(32-33)11-18(25)13-28/h13-14,16-24,33H,5-12,15H2,1-4H3/t16?,17-,18+,19-,20+,21-,22-,23-,24-,25-,26-,27+/m0/s1. The second-order valence-electron chi connectivity index (χ2n) is 12.7. The molecule has 12 atom stereocenters. The fourth-order valence-corrected chi connectivity index (χ4v) is 9.46. The third-order valence-electron chi connectivity index (χ3n) is 11.3. The highest BCUT2D eigenvalue weighted by Crippen LogP contribution is 2.68. The number of aldehydes is 2. The van der Waals surface area contributed by atoms with E-state index in [0.29, 0.717) is 30.1 Å². The predicted octanol–water partition coefficient (Wildman–Crippen LogP) is 5.27. The summed E-state index contributed by atoms with van der Waals surface area (Å²) >= 11 is 4.02. The van der Waals surface area contributed by atoms with Gasteiger partial charge in [-0.05, 0) is 92.4 Å².